The quantitative estimate of drug-likeness (QED) is 0.469. The van der Waals surface area contributed by atoms with Gasteiger partial charge in [-0.3, -0.25) is 9.78 Å². The van der Waals surface area contributed by atoms with E-state index in [0.717, 1.165) is 22.3 Å². The minimum absolute atomic E-state index is 0.0881. The Morgan fingerprint density at radius 2 is 1.58 bits per heavy atom. The molecule has 0 aliphatic carbocycles. The van der Waals surface area contributed by atoms with Crippen LogP contribution in [0.2, 0.25) is 0 Å². The van der Waals surface area contributed by atoms with E-state index in [2.05, 4.69) is 32.6 Å². The van der Waals surface area contributed by atoms with E-state index in [9.17, 15) is 4.79 Å². The Labute approximate surface area is 181 Å². The van der Waals surface area contributed by atoms with Crippen molar-refractivity contribution in [3.8, 4) is 22.5 Å². The van der Waals surface area contributed by atoms with Crippen LogP contribution in [0, 0.1) is 5.92 Å². The van der Waals surface area contributed by atoms with E-state index in [1.165, 1.54) is 0 Å². The van der Waals surface area contributed by atoms with Gasteiger partial charge in [0, 0.05) is 18.0 Å². The molecule has 31 heavy (non-hydrogen) atoms. The van der Waals surface area contributed by atoms with Gasteiger partial charge in [0.15, 0.2) is 0 Å². The van der Waals surface area contributed by atoms with E-state index in [-0.39, 0.29) is 24.3 Å². The fourth-order valence-corrected chi connectivity index (χ4v) is 3.35. The third-order valence-electron chi connectivity index (χ3n) is 5.06. The van der Waals surface area contributed by atoms with Gasteiger partial charge in [0.1, 0.15) is 6.04 Å². The lowest BCUT2D eigenvalue weighted by Gasteiger charge is -2.18. The maximum Gasteiger partial charge on any atom is 0.249 e. The number of carbonyl (C=O) groups excluding carboxylic acids is 1. The summed E-state index contributed by atoms with van der Waals surface area (Å²) in [6, 6.07) is 21.5. The van der Waals surface area contributed by atoms with Crippen LogP contribution in [0.5, 0.6) is 0 Å². The molecular formula is C25H24N4O2. The van der Waals surface area contributed by atoms with Crippen molar-refractivity contribution >= 4 is 5.91 Å². The van der Waals surface area contributed by atoms with Crippen LogP contribution in [-0.4, -0.2) is 21.0 Å². The third kappa shape index (κ3) is 5.04. The molecular weight excluding hydrogens is 388 g/mol. The average molecular weight is 412 g/mol. The average Bonchev–Trinajstić information content (AvgIpc) is 3.29. The summed E-state index contributed by atoms with van der Waals surface area (Å²) in [6.07, 6.45) is 3.63. The molecule has 0 saturated carbocycles. The predicted octanol–water partition coefficient (Wildman–Crippen LogP) is 4.85. The van der Waals surface area contributed by atoms with Crippen LogP contribution in [0.1, 0.15) is 31.3 Å². The van der Waals surface area contributed by atoms with Gasteiger partial charge >= 0.3 is 0 Å². The molecule has 1 unspecified atom stereocenters. The van der Waals surface area contributed by atoms with Gasteiger partial charge < -0.3 is 9.84 Å². The summed E-state index contributed by atoms with van der Waals surface area (Å²) in [4.78, 5) is 21.2. The van der Waals surface area contributed by atoms with Gasteiger partial charge in [-0.2, -0.15) is 4.98 Å². The molecule has 2 aromatic heterocycles. The fourth-order valence-electron chi connectivity index (χ4n) is 3.35. The number of rotatable bonds is 7. The summed E-state index contributed by atoms with van der Waals surface area (Å²) < 4.78 is 5.46. The highest BCUT2D eigenvalue weighted by atomic mass is 16.5. The van der Waals surface area contributed by atoms with E-state index in [1.807, 2.05) is 68.4 Å². The second-order valence-corrected chi connectivity index (χ2v) is 7.72. The Morgan fingerprint density at radius 1 is 0.903 bits per heavy atom. The topological polar surface area (TPSA) is 80.9 Å². The first kappa shape index (κ1) is 20.5. The maximum absolute atomic E-state index is 12.7. The van der Waals surface area contributed by atoms with Gasteiger partial charge in [0.05, 0.1) is 6.42 Å². The lowest BCUT2D eigenvalue weighted by Crippen LogP contribution is -2.33. The Hall–Kier alpha value is -3.80. The molecule has 0 spiro atoms. The number of amides is 1. The van der Waals surface area contributed by atoms with Crippen molar-refractivity contribution in [2.45, 2.75) is 26.3 Å². The summed E-state index contributed by atoms with van der Waals surface area (Å²) in [5.74, 6) is 0.883. The molecule has 0 bridgehead atoms. The maximum atomic E-state index is 12.7. The molecule has 4 rings (SSSR count). The van der Waals surface area contributed by atoms with Crippen LogP contribution in [0.3, 0.4) is 0 Å². The summed E-state index contributed by atoms with van der Waals surface area (Å²) >= 11 is 0. The molecule has 0 fully saturated rings. The first-order chi connectivity index (χ1) is 15.1. The number of nitrogens with zero attached hydrogens (tertiary/aromatic N) is 3. The second kappa shape index (κ2) is 9.34. The van der Waals surface area contributed by atoms with Crippen molar-refractivity contribution in [2.24, 2.45) is 5.92 Å². The van der Waals surface area contributed by atoms with Crippen LogP contribution in [0.15, 0.2) is 83.6 Å². The summed E-state index contributed by atoms with van der Waals surface area (Å²) in [6.45, 7) is 4.02. The molecule has 1 atom stereocenters. The van der Waals surface area contributed by atoms with Crippen molar-refractivity contribution in [3.63, 3.8) is 0 Å². The van der Waals surface area contributed by atoms with Crippen LogP contribution in [0.25, 0.3) is 22.5 Å². The van der Waals surface area contributed by atoms with E-state index in [4.69, 9.17) is 4.52 Å². The summed E-state index contributed by atoms with van der Waals surface area (Å²) in [7, 11) is 0. The molecule has 0 aliphatic heterocycles. The van der Waals surface area contributed by atoms with E-state index >= 15 is 0 Å². The van der Waals surface area contributed by atoms with Gasteiger partial charge in [0.2, 0.25) is 17.6 Å². The Bertz CT molecular complexity index is 1120. The minimum atomic E-state index is -0.362. The number of nitrogens with one attached hydrogen (secondary N) is 1. The van der Waals surface area contributed by atoms with Gasteiger partial charge in [-0.1, -0.05) is 73.6 Å². The third-order valence-corrected chi connectivity index (χ3v) is 5.06. The Kier molecular flexibility index (Phi) is 6.17. The molecule has 156 valence electrons. The molecule has 1 amide bonds. The van der Waals surface area contributed by atoms with Gasteiger partial charge in [0.25, 0.3) is 0 Å². The van der Waals surface area contributed by atoms with Crippen molar-refractivity contribution in [1.29, 1.82) is 0 Å². The first-order valence-corrected chi connectivity index (χ1v) is 10.3. The Balaban J connectivity index is 1.43. The van der Waals surface area contributed by atoms with Crippen molar-refractivity contribution < 1.29 is 9.32 Å². The highest BCUT2D eigenvalue weighted by Gasteiger charge is 2.25. The standard InChI is InChI=1S/C25H24N4O2/c1-17(2)23(25-28-24(29-31-25)21-12-14-26-15-13-21)27-22(30)16-18-8-10-20(11-9-18)19-6-4-3-5-7-19/h3-15,17,23H,16H2,1-2H3,(H,27,30). The van der Waals surface area contributed by atoms with Crippen molar-refractivity contribution in [1.82, 2.24) is 20.4 Å². The number of pyridine rings is 1. The number of benzene rings is 2. The highest BCUT2D eigenvalue weighted by molar-refractivity contribution is 5.79. The minimum Gasteiger partial charge on any atom is -0.344 e. The number of carbonyl (C=O) groups is 1. The fraction of sp³-hybridized carbons (Fsp3) is 0.200. The number of aromatic nitrogens is 3. The zero-order valence-electron chi connectivity index (χ0n) is 17.5. The highest BCUT2D eigenvalue weighted by Crippen LogP contribution is 2.24. The predicted molar refractivity (Wildman–Crippen MR) is 119 cm³/mol. The molecule has 6 nitrogen and oxygen atoms in total. The van der Waals surface area contributed by atoms with Crippen LogP contribution in [0.4, 0.5) is 0 Å². The lowest BCUT2D eigenvalue weighted by molar-refractivity contribution is -0.121. The lowest BCUT2D eigenvalue weighted by atomic mass is 10.0. The van der Waals surface area contributed by atoms with Crippen LogP contribution >= 0.6 is 0 Å². The normalized spacial score (nSPS) is 12.0. The van der Waals surface area contributed by atoms with Crippen molar-refractivity contribution in [2.75, 3.05) is 0 Å². The van der Waals surface area contributed by atoms with Gasteiger partial charge in [-0.25, -0.2) is 0 Å². The summed E-state index contributed by atoms with van der Waals surface area (Å²) in [5, 5.41) is 7.10. The van der Waals surface area contributed by atoms with E-state index < -0.39 is 0 Å². The molecule has 0 radical (unpaired) electrons. The second-order valence-electron chi connectivity index (χ2n) is 7.72. The molecule has 2 heterocycles. The SMILES string of the molecule is CC(C)C(NC(=O)Cc1ccc(-c2ccccc2)cc1)c1nc(-c2ccncc2)no1. The zero-order valence-corrected chi connectivity index (χ0v) is 17.5. The molecule has 1 N–H and O–H groups in total. The smallest absolute Gasteiger partial charge is 0.249 e. The van der Waals surface area contributed by atoms with E-state index in [0.29, 0.717) is 11.7 Å². The first-order valence-electron chi connectivity index (χ1n) is 10.3. The largest absolute Gasteiger partial charge is 0.344 e. The zero-order chi connectivity index (χ0) is 21.6. The van der Waals surface area contributed by atoms with E-state index in [1.54, 1.807) is 12.4 Å². The molecule has 0 aliphatic rings. The molecule has 4 aromatic rings. The van der Waals surface area contributed by atoms with Crippen LogP contribution in [-0.2, 0) is 11.2 Å². The van der Waals surface area contributed by atoms with Crippen LogP contribution < -0.4 is 5.32 Å². The molecule has 6 heteroatoms. The number of hydrogen-bond acceptors (Lipinski definition) is 5. The van der Waals surface area contributed by atoms with Gasteiger partial charge in [-0.15, -0.1) is 0 Å². The Morgan fingerprint density at radius 3 is 2.26 bits per heavy atom. The number of hydrogen-bond donors (Lipinski definition) is 1. The summed E-state index contributed by atoms with van der Waals surface area (Å²) in [5.41, 5.74) is 4.04. The van der Waals surface area contributed by atoms with Gasteiger partial charge in [-0.05, 0) is 34.7 Å². The molecule has 2 aromatic carbocycles. The monoisotopic (exact) mass is 412 g/mol. The van der Waals surface area contributed by atoms with Crippen molar-refractivity contribution in [3.05, 3.63) is 90.6 Å². The molecule has 0 saturated heterocycles.